The third kappa shape index (κ3) is 4.64. The molecule has 4 aromatic rings. The number of carbonyl (C=O) groups is 1. The Labute approximate surface area is 196 Å². The molecule has 4 rings (SSSR count). The van der Waals surface area contributed by atoms with E-state index in [-0.39, 0.29) is 27.3 Å². The maximum atomic E-state index is 13.1. The molecule has 0 saturated heterocycles. The number of aromatic nitrogens is 2. The number of para-hydroxylation sites is 3. The van der Waals surface area contributed by atoms with Gasteiger partial charge in [0, 0.05) is 5.69 Å². The molecule has 0 fully saturated rings. The van der Waals surface area contributed by atoms with Gasteiger partial charge in [-0.05, 0) is 49.4 Å². The molecule has 0 aliphatic heterocycles. The van der Waals surface area contributed by atoms with Gasteiger partial charge in [0.05, 0.1) is 35.2 Å². The van der Waals surface area contributed by atoms with Crippen molar-refractivity contribution in [3.05, 3.63) is 78.1 Å². The lowest BCUT2D eigenvalue weighted by Crippen LogP contribution is -2.23. The number of halogens is 1. The summed E-state index contributed by atoms with van der Waals surface area (Å²) in [4.78, 5) is 17.1. The van der Waals surface area contributed by atoms with Crippen LogP contribution in [0.5, 0.6) is 5.75 Å². The number of amides is 1. The number of benzene rings is 3. The fourth-order valence-corrected chi connectivity index (χ4v) is 4.88. The molecule has 0 spiro atoms. The molecule has 10 heteroatoms. The predicted octanol–water partition coefficient (Wildman–Crippen LogP) is 4.70. The van der Waals surface area contributed by atoms with E-state index in [1.54, 1.807) is 48.1 Å². The number of methoxy groups -OCH3 is 1. The molecule has 0 radical (unpaired) electrons. The van der Waals surface area contributed by atoms with Crippen LogP contribution in [-0.4, -0.2) is 31.0 Å². The van der Waals surface area contributed by atoms with Crippen LogP contribution < -0.4 is 14.8 Å². The molecule has 0 aliphatic rings. The normalized spacial score (nSPS) is 12.3. The van der Waals surface area contributed by atoms with Crippen LogP contribution in [-0.2, 0) is 14.8 Å². The summed E-state index contributed by atoms with van der Waals surface area (Å²) in [5, 5.41) is 3.03. The Balaban J connectivity index is 1.61. The van der Waals surface area contributed by atoms with Gasteiger partial charge >= 0.3 is 0 Å². The Morgan fingerprint density at radius 3 is 2.58 bits per heavy atom. The van der Waals surface area contributed by atoms with E-state index >= 15 is 0 Å². The molecule has 0 saturated carbocycles. The summed E-state index contributed by atoms with van der Waals surface area (Å²) in [6.07, 6.45) is 1.60. The Kier molecular flexibility index (Phi) is 6.26. The molecule has 1 atom stereocenters. The Morgan fingerprint density at radius 2 is 1.82 bits per heavy atom. The minimum atomic E-state index is -4.06. The summed E-state index contributed by atoms with van der Waals surface area (Å²) in [6.45, 7) is 1.74. The molecule has 1 aromatic heterocycles. The van der Waals surface area contributed by atoms with Gasteiger partial charge in [-0.1, -0.05) is 35.9 Å². The van der Waals surface area contributed by atoms with Crippen molar-refractivity contribution >= 4 is 49.9 Å². The number of nitrogens with one attached hydrogen (secondary N) is 2. The number of fused-ring (bicyclic) bond motifs is 1. The summed E-state index contributed by atoms with van der Waals surface area (Å²) in [5.41, 5.74) is 2.13. The number of ether oxygens (including phenoxy) is 1. The smallest absolute Gasteiger partial charge is 0.265 e. The van der Waals surface area contributed by atoms with Crippen LogP contribution in [0.2, 0.25) is 5.02 Å². The summed E-state index contributed by atoms with van der Waals surface area (Å²) in [6, 6.07) is 17.8. The van der Waals surface area contributed by atoms with Crippen LogP contribution in [0.4, 0.5) is 11.4 Å². The standard InChI is InChI=1S/C23H21ClN4O4S/c1-15(28-14-25-19-9-5-6-10-20(19)28)23(29)26-16-11-12-21(32-2)22(13-16)33(30,31)27-18-8-4-3-7-17(18)24/h3-15,27H,1-2H3,(H,26,29). The van der Waals surface area contributed by atoms with E-state index in [1.807, 2.05) is 24.3 Å². The van der Waals surface area contributed by atoms with Crippen molar-refractivity contribution < 1.29 is 17.9 Å². The molecule has 0 bridgehead atoms. The molecule has 170 valence electrons. The van der Waals surface area contributed by atoms with Crippen molar-refractivity contribution in [1.29, 1.82) is 0 Å². The number of nitrogens with zero attached hydrogens (tertiary/aromatic N) is 2. The first-order valence-electron chi connectivity index (χ1n) is 9.98. The zero-order chi connectivity index (χ0) is 23.6. The van der Waals surface area contributed by atoms with Crippen LogP contribution in [0.3, 0.4) is 0 Å². The molecule has 1 unspecified atom stereocenters. The molecule has 2 N–H and O–H groups in total. The molecular formula is C23H21ClN4O4S. The van der Waals surface area contributed by atoms with Gasteiger partial charge in [-0.2, -0.15) is 0 Å². The first-order valence-corrected chi connectivity index (χ1v) is 11.8. The summed E-state index contributed by atoms with van der Waals surface area (Å²) < 4.78 is 35.6. The highest BCUT2D eigenvalue weighted by molar-refractivity contribution is 7.92. The van der Waals surface area contributed by atoms with E-state index < -0.39 is 16.1 Å². The maximum absolute atomic E-state index is 13.1. The number of imidazole rings is 1. The fourth-order valence-electron chi connectivity index (χ4n) is 3.37. The number of rotatable bonds is 7. The van der Waals surface area contributed by atoms with Gasteiger partial charge in [0.2, 0.25) is 5.91 Å². The minimum absolute atomic E-state index is 0.126. The van der Waals surface area contributed by atoms with Crippen LogP contribution in [0.25, 0.3) is 11.0 Å². The highest BCUT2D eigenvalue weighted by Gasteiger charge is 2.23. The molecule has 33 heavy (non-hydrogen) atoms. The number of anilines is 2. The third-order valence-electron chi connectivity index (χ3n) is 5.12. The Bertz CT molecular complexity index is 1440. The van der Waals surface area contributed by atoms with Crippen molar-refractivity contribution in [3.8, 4) is 5.75 Å². The second-order valence-electron chi connectivity index (χ2n) is 7.26. The Hall–Kier alpha value is -3.56. The van der Waals surface area contributed by atoms with Gasteiger partial charge in [0.25, 0.3) is 10.0 Å². The van der Waals surface area contributed by atoms with E-state index in [1.165, 1.54) is 19.2 Å². The van der Waals surface area contributed by atoms with Crippen molar-refractivity contribution in [3.63, 3.8) is 0 Å². The van der Waals surface area contributed by atoms with Gasteiger partial charge in [-0.25, -0.2) is 13.4 Å². The minimum Gasteiger partial charge on any atom is -0.495 e. The van der Waals surface area contributed by atoms with Crippen LogP contribution in [0, 0.1) is 0 Å². The summed E-state index contributed by atoms with van der Waals surface area (Å²) >= 11 is 6.09. The first kappa shape index (κ1) is 22.6. The number of carbonyl (C=O) groups excluding carboxylic acids is 1. The van der Waals surface area contributed by atoms with Gasteiger partial charge in [0.15, 0.2) is 0 Å². The lowest BCUT2D eigenvalue weighted by atomic mass is 10.2. The van der Waals surface area contributed by atoms with E-state index in [4.69, 9.17) is 16.3 Å². The van der Waals surface area contributed by atoms with E-state index in [0.717, 1.165) is 11.0 Å². The van der Waals surface area contributed by atoms with Crippen LogP contribution >= 0.6 is 11.6 Å². The second-order valence-corrected chi connectivity index (χ2v) is 9.31. The predicted molar refractivity (Wildman–Crippen MR) is 128 cm³/mol. The van der Waals surface area contributed by atoms with Crippen molar-refractivity contribution in [2.45, 2.75) is 17.9 Å². The van der Waals surface area contributed by atoms with Crippen molar-refractivity contribution in [1.82, 2.24) is 9.55 Å². The van der Waals surface area contributed by atoms with Crippen LogP contribution in [0.1, 0.15) is 13.0 Å². The number of hydrogen-bond acceptors (Lipinski definition) is 5. The molecule has 1 heterocycles. The van der Waals surface area contributed by atoms with Gasteiger partial charge < -0.3 is 14.6 Å². The highest BCUT2D eigenvalue weighted by atomic mass is 35.5. The van der Waals surface area contributed by atoms with Crippen LogP contribution in [0.15, 0.2) is 78.0 Å². The molecule has 1 amide bonds. The largest absolute Gasteiger partial charge is 0.495 e. The topological polar surface area (TPSA) is 102 Å². The zero-order valence-electron chi connectivity index (χ0n) is 17.8. The monoisotopic (exact) mass is 484 g/mol. The average Bonchev–Trinajstić information content (AvgIpc) is 3.24. The summed E-state index contributed by atoms with van der Waals surface area (Å²) in [7, 11) is -2.69. The highest BCUT2D eigenvalue weighted by Crippen LogP contribution is 2.31. The quantitative estimate of drug-likeness (QED) is 0.396. The molecule has 3 aromatic carbocycles. The number of sulfonamides is 1. The molecule has 8 nitrogen and oxygen atoms in total. The summed E-state index contributed by atoms with van der Waals surface area (Å²) in [5.74, 6) is -0.202. The van der Waals surface area contributed by atoms with E-state index in [0.29, 0.717) is 5.69 Å². The zero-order valence-corrected chi connectivity index (χ0v) is 19.4. The fraction of sp³-hybridized carbons (Fsp3) is 0.130. The lowest BCUT2D eigenvalue weighted by molar-refractivity contribution is -0.118. The van der Waals surface area contributed by atoms with E-state index in [2.05, 4.69) is 15.0 Å². The van der Waals surface area contributed by atoms with E-state index in [9.17, 15) is 13.2 Å². The molecule has 0 aliphatic carbocycles. The van der Waals surface area contributed by atoms with Crippen molar-refractivity contribution in [2.24, 2.45) is 0 Å². The SMILES string of the molecule is COc1ccc(NC(=O)C(C)n2cnc3ccccc32)cc1S(=O)(=O)Nc1ccccc1Cl. The lowest BCUT2D eigenvalue weighted by Gasteiger charge is -2.17. The first-order chi connectivity index (χ1) is 15.8. The van der Waals surface area contributed by atoms with Gasteiger partial charge in [-0.3, -0.25) is 9.52 Å². The molecular weight excluding hydrogens is 464 g/mol. The number of hydrogen-bond donors (Lipinski definition) is 2. The average molecular weight is 485 g/mol. The second kappa shape index (κ2) is 9.13. The third-order valence-corrected chi connectivity index (χ3v) is 6.83. The Morgan fingerprint density at radius 1 is 1.09 bits per heavy atom. The maximum Gasteiger partial charge on any atom is 0.265 e. The van der Waals surface area contributed by atoms with Gasteiger partial charge in [-0.15, -0.1) is 0 Å². The van der Waals surface area contributed by atoms with Gasteiger partial charge in [0.1, 0.15) is 16.7 Å². The van der Waals surface area contributed by atoms with Crippen molar-refractivity contribution in [2.75, 3.05) is 17.1 Å².